The summed E-state index contributed by atoms with van der Waals surface area (Å²) < 4.78 is 51.4. The van der Waals surface area contributed by atoms with Gasteiger partial charge in [0, 0.05) is 21.0 Å². The van der Waals surface area contributed by atoms with Crippen LogP contribution in [0.3, 0.4) is 0 Å². The molecule has 4 atom stereocenters. The third kappa shape index (κ3) is 5.48. The molecule has 4 unspecified atom stereocenters. The standard InChI is InChI=1S/C17H22O9S/c1-10-5-7-13(8-6-10)27(20,21)26-16-15(25-12(3)19)14(24-11(2)18)9-23-17(16)22-4/h5-8,14-17H,9H2,1-4H3. The largest absolute Gasteiger partial charge is 0.456 e. The van der Waals surface area contributed by atoms with Gasteiger partial charge in [0.05, 0.1) is 11.5 Å². The highest BCUT2D eigenvalue weighted by atomic mass is 32.2. The van der Waals surface area contributed by atoms with Gasteiger partial charge in [0.25, 0.3) is 10.1 Å². The minimum Gasteiger partial charge on any atom is -0.456 e. The number of carbonyl (C=O) groups excluding carboxylic acids is 2. The fourth-order valence-electron chi connectivity index (χ4n) is 2.60. The first-order valence-corrected chi connectivity index (χ1v) is 9.53. The van der Waals surface area contributed by atoms with Crippen LogP contribution in [0, 0.1) is 6.92 Å². The molecule has 0 aromatic heterocycles. The van der Waals surface area contributed by atoms with Gasteiger partial charge in [-0.3, -0.25) is 13.8 Å². The van der Waals surface area contributed by atoms with E-state index in [0.717, 1.165) is 12.5 Å². The van der Waals surface area contributed by atoms with Gasteiger partial charge < -0.3 is 18.9 Å². The Morgan fingerprint density at radius 1 is 1.04 bits per heavy atom. The van der Waals surface area contributed by atoms with Crippen molar-refractivity contribution in [3.63, 3.8) is 0 Å². The number of aryl methyl sites for hydroxylation is 1. The van der Waals surface area contributed by atoms with Crippen LogP contribution in [0.15, 0.2) is 29.2 Å². The molecule has 9 nitrogen and oxygen atoms in total. The van der Waals surface area contributed by atoms with E-state index in [1.165, 1.54) is 26.2 Å². The van der Waals surface area contributed by atoms with Gasteiger partial charge in [-0.15, -0.1) is 0 Å². The van der Waals surface area contributed by atoms with E-state index in [9.17, 15) is 18.0 Å². The Hall–Kier alpha value is -2.01. The lowest BCUT2D eigenvalue weighted by Gasteiger charge is -2.39. The Balaban J connectivity index is 2.35. The van der Waals surface area contributed by atoms with Crippen LogP contribution in [0.1, 0.15) is 19.4 Å². The van der Waals surface area contributed by atoms with Crippen LogP contribution in [0.2, 0.25) is 0 Å². The van der Waals surface area contributed by atoms with Gasteiger partial charge in [-0.05, 0) is 19.1 Å². The summed E-state index contributed by atoms with van der Waals surface area (Å²) in [5.41, 5.74) is 0.873. The van der Waals surface area contributed by atoms with Crippen molar-refractivity contribution >= 4 is 22.1 Å². The quantitative estimate of drug-likeness (QED) is 0.506. The van der Waals surface area contributed by atoms with Crippen LogP contribution in [-0.2, 0) is 42.8 Å². The molecule has 0 amide bonds. The average molecular weight is 402 g/mol. The van der Waals surface area contributed by atoms with Gasteiger partial charge in [-0.1, -0.05) is 17.7 Å². The van der Waals surface area contributed by atoms with Crippen molar-refractivity contribution in [2.75, 3.05) is 13.7 Å². The molecule has 27 heavy (non-hydrogen) atoms. The summed E-state index contributed by atoms with van der Waals surface area (Å²) in [6.07, 6.45) is -4.80. The van der Waals surface area contributed by atoms with Crippen LogP contribution in [0.4, 0.5) is 0 Å². The van der Waals surface area contributed by atoms with Crippen LogP contribution < -0.4 is 0 Å². The number of benzene rings is 1. The lowest BCUT2D eigenvalue weighted by Crippen LogP contribution is -2.57. The Kier molecular flexibility index (Phi) is 6.93. The monoisotopic (exact) mass is 402 g/mol. The van der Waals surface area contributed by atoms with E-state index in [2.05, 4.69) is 0 Å². The van der Waals surface area contributed by atoms with Crippen molar-refractivity contribution in [1.82, 2.24) is 0 Å². The number of hydrogen-bond acceptors (Lipinski definition) is 9. The zero-order valence-corrected chi connectivity index (χ0v) is 16.2. The van der Waals surface area contributed by atoms with Crippen molar-refractivity contribution < 1.29 is 41.1 Å². The first-order valence-electron chi connectivity index (χ1n) is 8.13. The molecule has 0 bridgehead atoms. The SMILES string of the molecule is COC1OCC(OC(C)=O)C(OC(C)=O)C1OS(=O)(=O)c1ccc(C)cc1. The number of esters is 2. The summed E-state index contributed by atoms with van der Waals surface area (Å²) in [6, 6.07) is 6.01. The number of hydrogen-bond donors (Lipinski definition) is 0. The van der Waals surface area contributed by atoms with Gasteiger partial charge in [-0.2, -0.15) is 8.42 Å². The Labute approximate surface area is 157 Å². The van der Waals surface area contributed by atoms with E-state index >= 15 is 0 Å². The van der Waals surface area contributed by atoms with E-state index in [4.69, 9.17) is 23.1 Å². The maximum atomic E-state index is 12.7. The van der Waals surface area contributed by atoms with Crippen LogP contribution in [0.25, 0.3) is 0 Å². The summed E-state index contributed by atoms with van der Waals surface area (Å²) >= 11 is 0. The molecule has 1 aliphatic heterocycles. The normalized spacial score (nSPS) is 25.6. The molecular formula is C17H22O9S. The minimum atomic E-state index is -4.23. The van der Waals surface area contributed by atoms with Gasteiger partial charge in [0.1, 0.15) is 0 Å². The lowest BCUT2D eigenvalue weighted by molar-refractivity contribution is -0.263. The second-order valence-electron chi connectivity index (χ2n) is 5.99. The van der Waals surface area contributed by atoms with Crippen molar-refractivity contribution in [2.45, 2.75) is 50.3 Å². The predicted molar refractivity (Wildman–Crippen MR) is 91.1 cm³/mol. The molecule has 1 fully saturated rings. The molecule has 1 saturated heterocycles. The van der Waals surface area contributed by atoms with Crippen molar-refractivity contribution in [1.29, 1.82) is 0 Å². The van der Waals surface area contributed by atoms with Crippen LogP contribution in [0.5, 0.6) is 0 Å². The molecule has 0 aliphatic carbocycles. The van der Waals surface area contributed by atoms with Crippen molar-refractivity contribution in [2.24, 2.45) is 0 Å². The van der Waals surface area contributed by atoms with E-state index < -0.39 is 46.7 Å². The van der Waals surface area contributed by atoms with E-state index in [1.807, 2.05) is 6.92 Å². The van der Waals surface area contributed by atoms with E-state index in [1.54, 1.807) is 12.1 Å². The third-order valence-corrected chi connectivity index (χ3v) is 5.11. The molecule has 1 aromatic carbocycles. The highest BCUT2D eigenvalue weighted by molar-refractivity contribution is 7.86. The topological polar surface area (TPSA) is 114 Å². The predicted octanol–water partition coefficient (Wildman–Crippen LogP) is 0.935. The molecule has 0 saturated carbocycles. The van der Waals surface area contributed by atoms with Crippen molar-refractivity contribution in [3.05, 3.63) is 29.8 Å². The molecular weight excluding hydrogens is 380 g/mol. The highest BCUT2D eigenvalue weighted by Gasteiger charge is 2.48. The van der Waals surface area contributed by atoms with Crippen LogP contribution in [-0.4, -0.2) is 58.7 Å². The summed E-state index contributed by atoms with van der Waals surface area (Å²) in [5.74, 6) is -1.34. The molecule has 1 heterocycles. The fraction of sp³-hybridized carbons (Fsp3) is 0.529. The zero-order valence-electron chi connectivity index (χ0n) is 15.4. The molecule has 1 aromatic rings. The van der Waals surface area contributed by atoms with Gasteiger partial charge in [-0.25, -0.2) is 0 Å². The van der Waals surface area contributed by atoms with E-state index in [0.29, 0.717) is 0 Å². The second kappa shape index (κ2) is 8.79. The molecule has 1 aliphatic rings. The fourth-order valence-corrected chi connectivity index (χ4v) is 3.68. The number of methoxy groups -OCH3 is 1. The average Bonchev–Trinajstić information content (AvgIpc) is 2.57. The summed E-state index contributed by atoms with van der Waals surface area (Å²) in [5, 5.41) is 0. The smallest absolute Gasteiger partial charge is 0.303 e. The third-order valence-electron chi connectivity index (χ3n) is 3.78. The highest BCUT2D eigenvalue weighted by Crippen LogP contribution is 2.28. The minimum absolute atomic E-state index is 0.0841. The summed E-state index contributed by atoms with van der Waals surface area (Å²) in [6.45, 7) is 3.98. The Morgan fingerprint density at radius 2 is 1.63 bits per heavy atom. The summed E-state index contributed by atoms with van der Waals surface area (Å²) in [4.78, 5) is 22.8. The van der Waals surface area contributed by atoms with Crippen molar-refractivity contribution in [3.8, 4) is 0 Å². The molecule has 2 rings (SSSR count). The maximum absolute atomic E-state index is 12.7. The Morgan fingerprint density at radius 3 is 2.15 bits per heavy atom. The van der Waals surface area contributed by atoms with Gasteiger partial charge in [0.15, 0.2) is 24.6 Å². The first-order chi connectivity index (χ1) is 12.6. The van der Waals surface area contributed by atoms with E-state index in [-0.39, 0.29) is 11.5 Å². The molecule has 150 valence electrons. The number of rotatable bonds is 6. The first kappa shape index (κ1) is 21.3. The summed E-state index contributed by atoms with van der Waals surface area (Å²) in [7, 11) is -2.94. The molecule has 0 spiro atoms. The van der Waals surface area contributed by atoms with Gasteiger partial charge in [0.2, 0.25) is 0 Å². The maximum Gasteiger partial charge on any atom is 0.303 e. The number of ether oxygens (including phenoxy) is 4. The molecule has 0 radical (unpaired) electrons. The van der Waals surface area contributed by atoms with Gasteiger partial charge >= 0.3 is 11.9 Å². The van der Waals surface area contributed by atoms with Crippen LogP contribution >= 0.6 is 0 Å². The zero-order chi connectivity index (χ0) is 20.2. The second-order valence-corrected chi connectivity index (χ2v) is 7.56. The number of carbonyl (C=O) groups is 2. The lowest BCUT2D eigenvalue weighted by atomic mass is 10.0. The molecule has 10 heteroatoms. The molecule has 0 N–H and O–H groups in total. The Bertz CT molecular complexity index is 772.